The molecule has 2 aliphatic heterocycles. The first-order valence-electron chi connectivity index (χ1n) is 12.7. The summed E-state index contributed by atoms with van der Waals surface area (Å²) in [5.74, 6) is 0.357. The zero-order chi connectivity index (χ0) is 25.0. The molecule has 0 atom stereocenters. The largest absolute Gasteiger partial charge is 0.444 e. The molecule has 2 amide bonds. The highest BCUT2D eigenvalue weighted by Crippen LogP contribution is 2.37. The first kappa shape index (κ1) is 25.0. The van der Waals surface area contributed by atoms with Crippen molar-refractivity contribution >= 4 is 23.5 Å². The molecular formula is C29H36N2O4. The standard InChI is InChI=1S/C29H36N2O4/c1-29(2,3)35-28(34)30(20-21-10-6-4-7-11-21)16-9-5-8-12-25(32)24-18-22-13-14-26(33)31-17-15-23(19-24)27(22)31/h4,6-7,10-11,18-19H,5,8-9,12-17,20H2,1-3H3. The third-order valence-corrected chi connectivity index (χ3v) is 6.57. The molecule has 2 aromatic carbocycles. The second kappa shape index (κ2) is 10.6. The van der Waals surface area contributed by atoms with Gasteiger partial charge in [-0.3, -0.25) is 9.59 Å². The van der Waals surface area contributed by atoms with Gasteiger partial charge < -0.3 is 14.5 Å². The van der Waals surface area contributed by atoms with Gasteiger partial charge in [0.2, 0.25) is 5.91 Å². The fourth-order valence-corrected chi connectivity index (χ4v) is 4.89. The number of aryl methyl sites for hydroxylation is 1. The lowest BCUT2D eigenvalue weighted by molar-refractivity contribution is -0.118. The molecule has 0 fully saturated rings. The van der Waals surface area contributed by atoms with E-state index in [-0.39, 0.29) is 17.8 Å². The number of unbranched alkanes of at least 4 members (excludes halogenated alkanes) is 2. The van der Waals surface area contributed by atoms with Crippen LogP contribution >= 0.6 is 0 Å². The van der Waals surface area contributed by atoms with Crippen molar-refractivity contribution in [3.8, 4) is 0 Å². The van der Waals surface area contributed by atoms with Gasteiger partial charge in [0, 0.05) is 38.0 Å². The van der Waals surface area contributed by atoms with Crippen molar-refractivity contribution in [1.82, 2.24) is 4.90 Å². The number of ketones is 1. The van der Waals surface area contributed by atoms with E-state index in [0.717, 1.165) is 66.6 Å². The molecule has 6 nitrogen and oxygen atoms in total. The third kappa shape index (κ3) is 6.30. The molecule has 0 saturated heterocycles. The summed E-state index contributed by atoms with van der Waals surface area (Å²) in [5, 5.41) is 0. The van der Waals surface area contributed by atoms with E-state index < -0.39 is 5.60 Å². The molecule has 0 N–H and O–H groups in total. The summed E-state index contributed by atoms with van der Waals surface area (Å²) in [6, 6.07) is 13.9. The number of anilines is 1. The predicted octanol–water partition coefficient (Wildman–Crippen LogP) is 5.70. The van der Waals surface area contributed by atoms with Crippen LogP contribution in [0.4, 0.5) is 10.5 Å². The van der Waals surface area contributed by atoms with Crippen molar-refractivity contribution in [2.24, 2.45) is 0 Å². The van der Waals surface area contributed by atoms with Crippen molar-refractivity contribution in [2.75, 3.05) is 18.0 Å². The zero-order valence-electron chi connectivity index (χ0n) is 21.1. The SMILES string of the molecule is CC(C)(C)OC(=O)N(CCCCCC(=O)c1cc2c3c(c1)CCN3C(=O)CC2)Cc1ccccc1. The Kier molecular flexibility index (Phi) is 7.58. The zero-order valence-corrected chi connectivity index (χ0v) is 21.1. The van der Waals surface area contributed by atoms with Crippen LogP contribution in [0.15, 0.2) is 42.5 Å². The van der Waals surface area contributed by atoms with E-state index in [1.54, 1.807) is 4.90 Å². The van der Waals surface area contributed by atoms with Gasteiger partial charge >= 0.3 is 6.09 Å². The van der Waals surface area contributed by atoms with Gasteiger partial charge in [-0.1, -0.05) is 36.8 Å². The number of hydrogen-bond acceptors (Lipinski definition) is 4. The van der Waals surface area contributed by atoms with Gasteiger partial charge in [0.05, 0.1) is 5.69 Å². The number of hydrogen-bond donors (Lipinski definition) is 0. The van der Waals surface area contributed by atoms with Crippen LogP contribution in [0.25, 0.3) is 0 Å². The third-order valence-electron chi connectivity index (χ3n) is 6.57. The van der Waals surface area contributed by atoms with E-state index >= 15 is 0 Å². The van der Waals surface area contributed by atoms with Crippen LogP contribution in [0.2, 0.25) is 0 Å². The maximum Gasteiger partial charge on any atom is 0.410 e. The molecule has 0 bridgehead atoms. The van der Waals surface area contributed by atoms with Gasteiger partial charge in [-0.25, -0.2) is 4.79 Å². The lowest BCUT2D eigenvalue weighted by Gasteiger charge is -2.27. The number of Topliss-reactive ketones (excluding diaryl/α,β-unsaturated/α-hetero) is 1. The summed E-state index contributed by atoms with van der Waals surface area (Å²) in [6.45, 7) is 7.45. The Morgan fingerprint density at radius 2 is 1.69 bits per heavy atom. The molecule has 0 spiro atoms. The Morgan fingerprint density at radius 1 is 0.971 bits per heavy atom. The van der Waals surface area contributed by atoms with E-state index in [9.17, 15) is 14.4 Å². The minimum absolute atomic E-state index is 0.160. The van der Waals surface area contributed by atoms with E-state index in [0.29, 0.717) is 25.9 Å². The van der Waals surface area contributed by atoms with E-state index in [2.05, 4.69) is 0 Å². The van der Waals surface area contributed by atoms with Crippen molar-refractivity contribution in [3.05, 3.63) is 64.7 Å². The Hall–Kier alpha value is -3.15. The van der Waals surface area contributed by atoms with Gasteiger partial charge in [-0.05, 0) is 75.3 Å². The van der Waals surface area contributed by atoms with Crippen LogP contribution in [0.1, 0.15) is 79.9 Å². The number of carbonyl (C=O) groups excluding carboxylic acids is 3. The van der Waals surface area contributed by atoms with Gasteiger partial charge in [0.15, 0.2) is 5.78 Å². The molecule has 0 unspecified atom stereocenters. The smallest absolute Gasteiger partial charge is 0.410 e. The highest BCUT2D eigenvalue weighted by atomic mass is 16.6. The summed E-state index contributed by atoms with van der Waals surface area (Å²) in [7, 11) is 0. The molecule has 2 aliphatic rings. The minimum atomic E-state index is -0.544. The van der Waals surface area contributed by atoms with Crippen LogP contribution < -0.4 is 4.90 Å². The average molecular weight is 477 g/mol. The number of carbonyl (C=O) groups is 3. The number of benzene rings is 2. The summed E-state index contributed by atoms with van der Waals surface area (Å²) in [6.07, 6.45) is 4.72. The van der Waals surface area contributed by atoms with Gasteiger partial charge in [0.1, 0.15) is 5.60 Å². The molecule has 4 rings (SSSR count). The lowest BCUT2D eigenvalue weighted by atomic mass is 9.94. The van der Waals surface area contributed by atoms with E-state index in [1.165, 1.54) is 0 Å². The maximum absolute atomic E-state index is 12.9. The molecule has 186 valence electrons. The lowest BCUT2D eigenvalue weighted by Crippen LogP contribution is -2.37. The number of nitrogens with zero attached hydrogens (tertiary/aromatic N) is 2. The molecule has 6 heteroatoms. The second-order valence-electron chi connectivity index (χ2n) is 10.6. The number of amides is 2. The topological polar surface area (TPSA) is 66.9 Å². The van der Waals surface area contributed by atoms with Crippen molar-refractivity contribution in [3.63, 3.8) is 0 Å². The first-order chi connectivity index (χ1) is 16.7. The first-order valence-corrected chi connectivity index (χ1v) is 12.7. The van der Waals surface area contributed by atoms with Crippen molar-refractivity contribution in [2.45, 2.75) is 77.9 Å². The predicted molar refractivity (Wildman–Crippen MR) is 137 cm³/mol. The minimum Gasteiger partial charge on any atom is -0.444 e. The van der Waals surface area contributed by atoms with Gasteiger partial charge in [-0.15, -0.1) is 0 Å². The normalized spacial score (nSPS) is 14.6. The van der Waals surface area contributed by atoms with E-state index in [4.69, 9.17) is 4.74 Å². The van der Waals surface area contributed by atoms with Gasteiger partial charge in [0.25, 0.3) is 0 Å². The summed E-state index contributed by atoms with van der Waals surface area (Å²) in [5.41, 5.74) is 4.62. The highest BCUT2D eigenvalue weighted by molar-refractivity contribution is 6.02. The molecule has 35 heavy (non-hydrogen) atoms. The summed E-state index contributed by atoms with van der Waals surface area (Å²) in [4.78, 5) is 41.4. The highest BCUT2D eigenvalue weighted by Gasteiger charge is 2.32. The van der Waals surface area contributed by atoms with Crippen molar-refractivity contribution in [1.29, 1.82) is 0 Å². The molecule has 0 aromatic heterocycles. The van der Waals surface area contributed by atoms with Crippen LogP contribution in [-0.2, 0) is 28.9 Å². The van der Waals surface area contributed by atoms with Crippen LogP contribution in [0.5, 0.6) is 0 Å². The number of ether oxygens (including phenoxy) is 1. The number of rotatable bonds is 9. The Morgan fingerprint density at radius 3 is 2.40 bits per heavy atom. The molecule has 0 aliphatic carbocycles. The van der Waals surface area contributed by atoms with E-state index in [1.807, 2.05) is 68.1 Å². The monoisotopic (exact) mass is 476 g/mol. The Balaban J connectivity index is 1.29. The molecule has 0 saturated carbocycles. The fourth-order valence-electron chi connectivity index (χ4n) is 4.89. The van der Waals surface area contributed by atoms with Crippen LogP contribution in [-0.4, -0.2) is 41.4 Å². The summed E-state index contributed by atoms with van der Waals surface area (Å²) < 4.78 is 5.61. The Bertz CT molecular complexity index is 1090. The molecule has 0 radical (unpaired) electrons. The molecule has 2 aromatic rings. The quantitative estimate of drug-likeness (QED) is 0.344. The Labute approximate surface area is 208 Å². The summed E-state index contributed by atoms with van der Waals surface area (Å²) >= 11 is 0. The van der Waals surface area contributed by atoms with Crippen LogP contribution in [0, 0.1) is 0 Å². The fraction of sp³-hybridized carbons (Fsp3) is 0.483. The van der Waals surface area contributed by atoms with Crippen molar-refractivity contribution < 1.29 is 19.1 Å². The second-order valence-corrected chi connectivity index (χ2v) is 10.6. The maximum atomic E-state index is 12.9. The van der Waals surface area contributed by atoms with Gasteiger partial charge in [-0.2, -0.15) is 0 Å². The average Bonchev–Trinajstić information content (AvgIpc) is 3.25. The molecule has 2 heterocycles. The molecular weight excluding hydrogens is 440 g/mol. The van der Waals surface area contributed by atoms with Crippen LogP contribution in [0.3, 0.4) is 0 Å².